The van der Waals surface area contributed by atoms with Crippen LogP contribution in [0.5, 0.6) is 0 Å². The summed E-state index contributed by atoms with van der Waals surface area (Å²) in [5, 5.41) is 0. The monoisotopic (exact) mass is 211 g/mol. The fourth-order valence-electron chi connectivity index (χ4n) is 1.37. The third-order valence-electron chi connectivity index (χ3n) is 2.26. The molecule has 0 aliphatic rings. The van der Waals surface area contributed by atoms with Crippen LogP contribution in [-0.4, -0.2) is 28.5 Å². The van der Waals surface area contributed by atoms with Crippen molar-refractivity contribution >= 4 is 9.28 Å². The number of aromatic nitrogens is 1. The molecule has 0 bridgehead atoms. The Morgan fingerprint density at radius 1 is 1.36 bits per heavy atom. The fourth-order valence-corrected chi connectivity index (χ4v) is 2.76. The Balaban J connectivity index is 2.54. The minimum Gasteiger partial charge on any atom is -0.400 e. The average molecular weight is 211 g/mol. The van der Waals surface area contributed by atoms with E-state index in [0.717, 1.165) is 11.7 Å². The molecule has 0 amide bonds. The van der Waals surface area contributed by atoms with Gasteiger partial charge in [0.25, 0.3) is 0 Å². The van der Waals surface area contributed by atoms with E-state index < -0.39 is 9.28 Å². The number of pyridine rings is 1. The van der Waals surface area contributed by atoms with E-state index in [4.69, 9.17) is 8.85 Å². The van der Waals surface area contributed by atoms with Crippen LogP contribution in [0.3, 0.4) is 0 Å². The molecule has 1 rings (SSSR count). The van der Waals surface area contributed by atoms with E-state index in [0.29, 0.717) is 5.92 Å². The number of hydrogen-bond donors (Lipinski definition) is 0. The summed E-state index contributed by atoms with van der Waals surface area (Å²) in [6.45, 7) is 2.15. The van der Waals surface area contributed by atoms with Gasteiger partial charge in [-0.2, -0.15) is 0 Å². The van der Waals surface area contributed by atoms with Gasteiger partial charge < -0.3 is 8.85 Å². The van der Waals surface area contributed by atoms with Gasteiger partial charge in [0.1, 0.15) is 0 Å². The van der Waals surface area contributed by atoms with Crippen LogP contribution in [0, 0.1) is 0 Å². The van der Waals surface area contributed by atoms with Gasteiger partial charge in [-0.1, -0.05) is 13.0 Å². The van der Waals surface area contributed by atoms with Crippen LogP contribution < -0.4 is 0 Å². The van der Waals surface area contributed by atoms with Crippen LogP contribution in [0.2, 0.25) is 6.04 Å². The minimum absolute atomic E-state index is 0.410. The van der Waals surface area contributed by atoms with Crippen LogP contribution in [0.25, 0.3) is 0 Å². The van der Waals surface area contributed by atoms with Gasteiger partial charge in [-0.05, 0) is 18.2 Å². The standard InChI is InChI=1S/C10H17NO2Si/c1-9(8-14(12-2)13-3)10-6-4-5-7-11-10/h4-7,9,14H,8H2,1-3H3. The summed E-state index contributed by atoms with van der Waals surface area (Å²) in [6.07, 6.45) is 1.82. The van der Waals surface area contributed by atoms with E-state index in [2.05, 4.69) is 11.9 Å². The van der Waals surface area contributed by atoms with Crippen molar-refractivity contribution in [1.82, 2.24) is 4.98 Å². The Bertz CT molecular complexity index is 252. The highest BCUT2D eigenvalue weighted by atomic mass is 28.3. The number of rotatable bonds is 5. The summed E-state index contributed by atoms with van der Waals surface area (Å²) in [5.41, 5.74) is 1.11. The molecule has 0 spiro atoms. The first-order chi connectivity index (χ1) is 6.77. The van der Waals surface area contributed by atoms with Gasteiger partial charge in [-0.3, -0.25) is 4.98 Å². The molecular formula is C10H17NO2Si. The van der Waals surface area contributed by atoms with Gasteiger partial charge in [0, 0.05) is 32.0 Å². The van der Waals surface area contributed by atoms with Gasteiger partial charge in [-0.15, -0.1) is 0 Å². The van der Waals surface area contributed by atoms with E-state index in [9.17, 15) is 0 Å². The van der Waals surface area contributed by atoms with Crippen molar-refractivity contribution in [3.05, 3.63) is 30.1 Å². The Kier molecular flexibility index (Phi) is 4.79. The SMILES string of the molecule is CO[SiH](CC(C)c1ccccn1)OC. The molecule has 78 valence electrons. The highest BCUT2D eigenvalue weighted by Crippen LogP contribution is 2.18. The molecule has 0 aliphatic carbocycles. The van der Waals surface area contributed by atoms with E-state index in [1.165, 1.54) is 0 Å². The van der Waals surface area contributed by atoms with Crippen LogP contribution in [-0.2, 0) is 8.85 Å². The Morgan fingerprint density at radius 2 is 2.07 bits per heavy atom. The summed E-state index contributed by atoms with van der Waals surface area (Å²) in [6, 6.07) is 6.94. The van der Waals surface area contributed by atoms with E-state index in [1.807, 2.05) is 24.4 Å². The van der Waals surface area contributed by atoms with Crippen molar-refractivity contribution in [1.29, 1.82) is 0 Å². The Morgan fingerprint density at radius 3 is 2.57 bits per heavy atom. The molecule has 0 fully saturated rings. The van der Waals surface area contributed by atoms with Crippen LogP contribution in [0.4, 0.5) is 0 Å². The van der Waals surface area contributed by atoms with Crippen molar-refractivity contribution in [2.75, 3.05) is 14.2 Å². The van der Waals surface area contributed by atoms with Gasteiger partial charge in [0.15, 0.2) is 0 Å². The lowest BCUT2D eigenvalue weighted by Gasteiger charge is -2.15. The Labute approximate surface area is 86.9 Å². The smallest absolute Gasteiger partial charge is 0.321 e. The molecule has 1 aromatic heterocycles. The molecule has 0 aliphatic heterocycles. The van der Waals surface area contributed by atoms with Crippen molar-refractivity contribution in [2.24, 2.45) is 0 Å². The molecule has 0 radical (unpaired) electrons. The van der Waals surface area contributed by atoms with Crippen molar-refractivity contribution in [3.63, 3.8) is 0 Å². The highest BCUT2D eigenvalue weighted by molar-refractivity contribution is 6.44. The summed E-state index contributed by atoms with van der Waals surface area (Å²) >= 11 is 0. The summed E-state index contributed by atoms with van der Waals surface area (Å²) in [5.74, 6) is 0.410. The second kappa shape index (κ2) is 5.90. The molecule has 1 aromatic rings. The van der Waals surface area contributed by atoms with Crippen LogP contribution in [0.15, 0.2) is 24.4 Å². The Hall–Kier alpha value is -0.713. The third kappa shape index (κ3) is 3.21. The lowest BCUT2D eigenvalue weighted by atomic mass is 10.1. The van der Waals surface area contributed by atoms with Crippen LogP contribution >= 0.6 is 0 Å². The second-order valence-corrected chi connectivity index (χ2v) is 5.57. The van der Waals surface area contributed by atoms with Gasteiger partial charge in [-0.25, -0.2) is 0 Å². The number of hydrogen-bond acceptors (Lipinski definition) is 3. The predicted octanol–water partition coefficient (Wildman–Crippen LogP) is 1.70. The lowest BCUT2D eigenvalue weighted by Crippen LogP contribution is -2.21. The molecule has 1 heterocycles. The molecular weight excluding hydrogens is 194 g/mol. The zero-order chi connectivity index (χ0) is 10.4. The average Bonchev–Trinajstić information content (AvgIpc) is 2.26. The summed E-state index contributed by atoms with van der Waals surface area (Å²) < 4.78 is 10.6. The maximum Gasteiger partial charge on any atom is 0.321 e. The first-order valence-electron chi connectivity index (χ1n) is 4.74. The van der Waals surface area contributed by atoms with Crippen LogP contribution in [0.1, 0.15) is 18.5 Å². The molecule has 4 heteroatoms. The second-order valence-electron chi connectivity index (χ2n) is 3.29. The molecule has 0 aromatic carbocycles. The molecule has 0 N–H and O–H groups in total. The highest BCUT2D eigenvalue weighted by Gasteiger charge is 2.16. The van der Waals surface area contributed by atoms with E-state index in [-0.39, 0.29) is 0 Å². The minimum atomic E-state index is -1.46. The van der Waals surface area contributed by atoms with Gasteiger partial charge >= 0.3 is 9.28 Å². The maximum atomic E-state index is 5.28. The van der Waals surface area contributed by atoms with E-state index >= 15 is 0 Å². The molecule has 1 unspecified atom stereocenters. The van der Waals surface area contributed by atoms with Crippen molar-refractivity contribution in [2.45, 2.75) is 18.9 Å². The summed E-state index contributed by atoms with van der Waals surface area (Å²) in [7, 11) is 1.97. The zero-order valence-electron chi connectivity index (χ0n) is 8.93. The largest absolute Gasteiger partial charge is 0.400 e. The third-order valence-corrected chi connectivity index (χ3v) is 4.41. The molecule has 0 saturated carbocycles. The topological polar surface area (TPSA) is 31.4 Å². The molecule has 3 nitrogen and oxygen atoms in total. The molecule has 0 saturated heterocycles. The molecule has 1 atom stereocenters. The van der Waals surface area contributed by atoms with Crippen molar-refractivity contribution in [3.8, 4) is 0 Å². The zero-order valence-corrected chi connectivity index (χ0v) is 10.1. The van der Waals surface area contributed by atoms with Gasteiger partial charge in [0.2, 0.25) is 0 Å². The first-order valence-corrected chi connectivity index (χ1v) is 6.50. The lowest BCUT2D eigenvalue weighted by molar-refractivity contribution is 0.275. The number of nitrogens with zero attached hydrogens (tertiary/aromatic N) is 1. The van der Waals surface area contributed by atoms with Crippen molar-refractivity contribution < 1.29 is 8.85 Å². The van der Waals surface area contributed by atoms with Gasteiger partial charge in [0.05, 0.1) is 0 Å². The maximum absolute atomic E-state index is 5.28. The normalized spacial score (nSPS) is 13.1. The van der Waals surface area contributed by atoms with E-state index in [1.54, 1.807) is 14.2 Å². The molecule has 14 heavy (non-hydrogen) atoms. The fraction of sp³-hybridized carbons (Fsp3) is 0.500. The first kappa shape index (κ1) is 11.4. The summed E-state index contributed by atoms with van der Waals surface area (Å²) in [4.78, 5) is 4.31. The quantitative estimate of drug-likeness (QED) is 0.695. The predicted molar refractivity (Wildman–Crippen MR) is 58.6 cm³/mol.